The quantitative estimate of drug-likeness (QED) is 0.688. The van der Waals surface area contributed by atoms with Crippen LogP contribution in [0.15, 0.2) is 60.8 Å². The Hall–Kier alpha value is -3.87. The highest BCUT2D eigenvalue weighted by molar-refractivity contribution is 6.06. The highest BCUT2D eigenvalue weighted by Gasteiger charge is 2.16. The van der Waals surface area contributed by atoms with Crippen molar-refractivity contribution in [2.45, 2.75) is 12.8 Å². The lowest BCUT2D eigenvalue weighted by Crippen LogP contribution is -2.18. The molecule has 29 heavy (non-hydrogen) atoms. The summed E-state index contributed by atoms with van der Waals surface area (Å²) in [4.78, 5) is 28.2. The smallest absolute Gasteiger partial charge is 0.259 e. The highest BCUT2D eigenvalue weighted by atomic mass is 16.5. The van der Waals surface area contributed by atoms with Crippen molar-refractivity contribution in [3.63, 3.8) is 0 Å². The Kier molecular flexibility index (Phi) is 5.11. The zero-order valence-corrected chi connectivity index (χ0v) is 15.8. The molecule has 0 unspecified atom stereocenters. The molecule has 7 heteroatoms. The van der Waals surface area contributed by atoms with Gasteiger partial charge in [-0.15, -0.1) is 0 Å². The Balaban J connectivity index is 1.44. The summed E-state index contributed by atoms with van der Waals surface area (Å²) in [5, 5.41) is 5.63. The topological polar surface area (TPSA) is 89.5 Å². The monoisotopic (exact) mass is 389 g/mol. The van der Waals surface area contributed by atoms with Crippen LogP contribution in [0.2, 0.25) is 0 Å². The zero-order chi connectivity index (χ0) is 20.2. The fraction of sp³-hybridized carbons (Fsp3) is 0.136. The van der Waals surface area contributed by atoms with Gasteiger partial charge >= 0.3 is 0 Å². The number of aromatic nitrogens is 1. The molecule has 0 bridgehead atoms. The summed E-state index contributed by atoms with van der Waals surface area (Å²) in [5.74, 6) is 1.16. The van der Waals surface area contributed by atoms with E-state index in [-0.39, 0.29) is 11.8 Å². The Labute approximate surface area is 167 Å². The van der Waals surface area contributed by atoms with Gasteiger partial charge in [0.25, 0.3) is 5.91 Å². The molecule has 0 fully saturated rings. The van der Waals surface area contributed by atoms with Gasteiger partial charge in [0.1, 0.15) is 11.5 Å². The second kappa shape index (κ2) is 8.02. The van der Waals surface area contributed by atoms with Crippen LogP contribution in [0.5, 0.6) is 17.4 Å². The maximum atomic E-state index is 12.4. The number of amides is 2. The van der Waals surface area contributed by atoms with Crippen molar-refractivity contribution in [3.8, 4) is 17.4 Å². The Morgan fingerprint density at radius 1 is 1.10 bits per heavy atom. The molecule has 2 N–H and O–H groups in total. The molecule has 2 aromatic carbocycles. The van der Waals surface area contributed by atoms with Gasteiger partial charge in [-0.2, -0.15) is 0 Å². The summed E-state index contributed by atoms with van der Waals surface area (Å²) < 4.78 is 11.0. The summed E-state index contributed by atoms with van der Waals surface area (Å²) in [5.41, 5.74) is 2.82. The number of ether oxygens (including phenoxy) is 2. The summed E-state index contributed by atoms with van der Waals surface area (Å²) in [7, 11) is 1.52. The number of nitrogens with zero attached hydrogens (tertiary/aromatic N) is 1. The van der Waals surface area contributed by atoms with Gasteiger partial charge in [0, 0.05) is 24.2 Å². The number of pyridine rings is 1. The van der Waals surface area contributed by atoms with Crippen molar-refractivity contribution in [2.75, 3.05) is 17.7 Å². The van der Waals surface area contributed by atoms with Crippen LogP contribution in [0.4, 0.5) is 11.4 Å². The molecular formula is C22H19N3O4. The van der Waals surface area contributed by atoms with Crippen LogP contribution in [-0.2, 0) is 11.2 Å². The average Bonchev–Trinajstić information content (AvgIpc) is 2.74. The number of anilines is 2. The molecular weight excluding hydrogens is 370 g/mol. The number of carbonyl (C=O) groups excluding carboxylic acids is 2. The van der Waals surface area contributed by atoms with E-state index in [0.29, 0.717) is 35.1 Å². The van der Waals surface area contributed by atoms with E-state index in [0.717, 1.165) is 17.7 Å². The highest BCUT2D eigenvalue weighted by Crippen LogP contribution is 2.29. The van der Waals surface area contributed by atoms with E-state index in [4.69, 9.17) is 9.47 Å². The van der Waals surface area contributed by atoms with Gasteiger partial charge in [-0.3, -0.25) is 9.59 Å². The molecule has 2 heterocycles. The predicted octanol–water partition coefficient (Wildman–Crippen LogP) is 4.02. The molecule has 7 nitrogen and oxygen atoms in total. The zero-order valence-electron chi connectivity index (χ0n) is 15.8. The van der Waals surface area contributed by atoms with Gasteiger partial charge in [0.2, 0.25) is 11.8 Å². The number of benzene rings is 2. The molecule has 0 saturated heterocycles. The minimum Gasteiger partial charge on any atom is -0.496 e. The molecule has 0 aliphatic carbocycles. The molecule has 2 amide bonds. The van der Waals surface area contributed by atoms with E-state index in [1.807, 2.05) is 12.1 Å². The second-order valence-electron chi connectivity index (χ2n) is 6.51. The van der Waals surface area contributed by atoms with E-state index in [1.165, 1.54) is 13.3 Å². The van der Waals surface area contributed by atoms with Crippen molar-refractivity contribution in [1.82, 2.24) is 4.98 Å². The number of rotatable bonds is 5. The Morgan fingerprint density at radius 3 is 2.76 bits per heavy atom. The molecule has 1 aliphatic rings. The number of para-hydroxylation sites is 1. The van der Waals surface area contributed by atoms with Crippen LogP contribution >= 0.6 is 0 Å². The average molecular weight is 389 g/mol. The number of carbonyl (C=O) groups is 2. The van der Waals surface area contributed by atoms with Crippen LogP contribution in [0.1, 0.15) is 22.3 Å². The molecule has 4 rings (SSSR count). The largest absolute Gasteiger partial charge is 0.496 e. The summed E-state index contributed by atoms with van der Waals surface area (Å²) in [6.07, 6.45) is 2.74. The van der Waals surface area contributed by atoms with Gasteiger partial charge in [0.15, 0.2) is 0 Å². The molecule has 1 aromatic heterocycles. The van der Waals surface area contributed by atoms with Crippen LogP contribution in [0.3, 0.4) is 0 Å². The van der Waals surface area contributed by atoms with Gasteiger partial charge in [-0.05, 0) is 36.2 Å². The van der Waals surface area contributed by atoms with Crippen molar-refractivity contribution in [1.29, 1.82) is 0 Å². The van der Waals surface area contributed by atoms with E-state index in [9.17, 15) is 9.59 Å². The lowest BCUT2D eigenvalue weighted by atomic mass is 10.0. The van der Waals surface area contributed by atoms with Crippen molar-refractivity contribution in [3.05, 3.63) is 71.9 Å². The standard InChI is InChI=1S/C22H19N3O4/c1-28-19-5-3-2-4-17(19)22(27)24-15-8-11-21(23-13-15)29-16-9-6-14-7-10-20(26)25-18(14)12-16/h2-6,8-9,11-13H,7,10H2,1H3,(H,24,27)(H,25,26). The molecule has 0 saturated carbocycles. The molecule has 0 atom stereocenters. The first-order valence-electron chi connectivity index (χ1n) is 9.13. The molecule has 3 aromatic rings. The van der Waals surface area contributed by atoms with E-state index in [2.05, 4.69) is 15.6 Å². The molecule has 0 radical (unpaired) electrons. The first-order valence-corrected chi connectivity index (χ1v) is 9.13. The summed E-state index contributed by atoms with van der Waals surface area (Å²) in [6.45, 7) is 0. The van der Waals surface area contributed by atoms with Crippen molar-refractivity contribution >= 4 is 23.2 Å². The van der Waals surface area contributed by atoms with E-state index < -0.39 is 0 Å². The number of aryl methyl sites for hydroxylation is 1. The SMILES string of the molecule is COc1ccccc1C(=O)Nc1ccc(Oc2ccc3c(c2)NC(=O)CC3)nc1. The fourth-order valence-electron chi connectivity index (χ4n) is 3.08. The first-order chi connectivity index (χ1) is 14.1. The Bertz CT molecular complexity index is 1060. The van der Waals surface area contributed by atoms with Crippen LogP contribution in [-0.4, -0.2) is 23.9 Å². The third-order valence-electron chi connectivity index (χ3n) is 4.55. The molecule has 146 valence electrons. The van der Waals surface area contributed by atoms with E-state index >= 15 is 0 Å². The maximum Gasteiger partial charge on any atom is 0.259 e. The normalized spacial score (nSPS) is 12.5. The minimum absolute atomic E-state index is 0.00270. The number of hydrogen-bond donors (Lipinski definition) is 2. The summed E-state index contributed by atoms with van der Waals surface area (Å²) in [6, 6.07) is 15.9. The van der Waals surface area contributed by atoms with Crippen LogP contribution in [0.25, 0.3) is 0 Å². The Morgan fingerprint density at radius 2 is 1.97 bits per heavy atom. The number of fused-ring (bicyclic) bond motifs is 1. The molecule has 1 aliphatic heterocycles. The first kappa shape index (κ1) is 18.5. The number of nitrogens with one attached hydrogen (secondary N) is 2. The number of hydrogen-bond acceptors (Lipinski definition) is 5. The van der Waals surface area contributed by atoms with Gasteiger partial charge < -0.3 is 20.1 Å². The predicted molar refractivity (Wildman–Crippen MR) is 109 cm³/mol. The van der Waals surface area contributed by atoms with Gasteiger partial charge in [0.05, 0.1) is 24.6 Å². The maximum absolute atomic E-state index is 12.4. The second-order valence-corrected chi connectivity index (χ2v) is 6.51. The summed E-state index contributed by atoms with van der Waals surface area (Å²) >= 11 is 0. The number of methoxy groups -OCH3 is 1. The minimum atomic E-state index is -0.289. The van der Waals surface area contributed by atoms with Crippen molar-refractivity contribution < 1.29 is 19.1 Å². The fourth-order valence-corrected chi connectivity index (χ4v) is 3.08. The molecule has 0 spiro atoms. The third kappa shape index (κ3) is 4.19. The van der Waals surface area contributed by atoms with Crippen LogP contribution < -0.4 is 20.1 Å². The van der Waals surface area contributed by atoms with Crippen molar-refractivity contribution in [2.24, 2.45) is 0 Å². The van der Waals surface area contributed by atoms with E-state index in [1.54, 1.807) is 42.5 Å². The van der Waals surface area contributed by atoms with Crippen LogP contribution in [0, 0.1) is 0 Å². The lowest BCUT2D eigenvalue weighted by Gasteiger charge is -2.17. The van der Waals surface area contributed by atoms with Gasteiger partial charge in [-0.1, -0.05) is 18.2 Å². The van der Waals surface area contributed by atoms with Gasteiger partial charge in [-0.25, -0.2) is 4.98 Å². The lowest BCUT2D eigenvalue weighted by molar-refractivity contribution is -0.116. The third-order valence-corrected chi connectivity index (χ3v) is 4.55.